The van der Waals surface area contributed by atoms with Gasteiger partial charge >= 0.3 is 0 Å². The quantitative estimate of drug-likeness (QED) is 0.583. The maximum atomic E-state index is 12.7. The minimum atomic E-state index is -1.09. The Morgan fingerprint density at radius 2 is 1.77 bits per heavy atom. The molecule has 2 aromatic rings. The predicted octanol–water partition coefficient (Wildman–Crippen LogP) is 2.72. The summed E-state index contributed by atoms with van der Waals surface area (Å²) in [4.78, 5) is 26.4. The van der Waals surface area contributed by atoms with Crippen molar-refractivity contribution in [1.82, 2.24) is 10.2 Å². The summed E-state index contributed by atoms with van der Waals surface area (Å²) < 4.78 is 0. The summed E-state index contributed by atoms with van der Waals surface area (Å²) in [6.07, 6.45) is 1.86. The fourth-order valence-corrected chi connectivity index (χ4v) is 3.81. The van der Waals surface area contributed by atoms with E-state index in [2.05, 4.69) is 22.3 Å². The average molecular weight is 467 g/mol. The average Bonchev–Trinajstić information content (AvgIpc) is 2.73. The van der Waals surface area contributed by atoms with Gasteiger partial charge in [-0.05, 0) is 43.0 Å². The topological polar surface area (TPSA) is 101 Å². The number of amides is 2. The molecule has 0 aromatic heterocycles. The summed E-state index contributed by atoms with van der Waals surface area (Å²) >= 11 is 0. The Labute approximate surface area is 196 Å². The number of nitrogens with two attached hydrogens (primary N) is 2. The zero-order valence-electron chi connectivity index (χ0n) is 17.8. The van der Waals surface area contributed by atoms with Crippen LogP contribution in [0.2, 0.25) is 0 Å². The SMILES string of the molecule is CC(N)(C(=O)NCc1cccc(CN2CCCC(C(N)=O)C2)c1)c1ccccc1.Cl.Cl. The van der Waals surface area contributed by atoms with Crippen molar-refractivity contribution in [2.45, 2.75) is 38.4 Å². The highest BCUT2D eigenvalue weighted by molar-refractivity contribution is 5.87. The first-order valence-corrected chi connectivity index (χ1v) is 10.1. The summed E-state index contributed by atoms with van der Waals surface area (Å²) in [5.74, 6) is -0.490. The Morgan fingerprint density at radius 1 is 1.10 bits per heavy atom. The number of rotatable bonds is 7. The van der Waals surface area contributed by atoms with Gasteiger partial charge in [0.1, 0.15) is 5.54 Å². The number of hydrogen-bond donors (Lipinski definition) is 3. The van der Waals surface area contributed by atoms with Crippen molar-refractivity contribution in [2.24, 2.45) is 17.4 Å². The minimum Gasteiger partial charge on any atom is -0.369 e. The lowest BCUT2D eigenvalue weighted by Crippen LogP contribution is -2.48. The normalized spacial score (nSPS) is 18.1. The molecule has 1 aliphatic rings. The fourth-order valence-electron chi connectivity index (χ4n) is 3.81. The third-order valence-corrected chi connectivity index (χ3v) is 5.60. The first-order chi connectivity index (χ1) is 13.9. The molecule has 0 radical (unpaired) electrons. The molecule has 8 heteroatoms. The molecule has 2 atom stereocenters. The molecule has 0 spiro atoms. The van der Waals surface area contributed by atoms with Gasteiger partial charge in [-0.25, -0.2) is 0 Å². The second-order valence-electron chi connectivity index (χ2n) is 8.05. The van der Waals surface area contributed by atoms with Crippen LogP contribution in [0.5, 0.6) is 0 Å². The minimum absolute atomic E-state index is 0. The summed E-state index contributed by atoms with van der Waals surface area (Å²) in [6, 6.07) is 17.5. The summed E-state index contributed by atoms with van der Waals surface area (Å²) in [5.41, 5.74) is 13.6. The number of halogens is 2. The van der Waals surface area contributed by atoms with E-state index in [-0.39, 0.29) is 42.5 Å². The number of benzene rings is 2. The first kappa shape index (κ1) is 26.9. The largest absolute Gasteiger partial charge is 0.369 e. The van der Waals surface area contributed by atoms with Gasteiger partial charge in [-0.1, -0.05) is 54.6 Å². The van der Waals surface area contributed by atoms with Crippen LogP contribution in [0, 0.1) is 5.92 Å². The van der Waals surface area contributed by atoms with Crippen molar-refractivity contribution >= 4 is 36.6 Å². The van der Waals surface area contributed by atoms with E-state index in [9.17, 15) is 9.59 Å². The number of carbonyl (C=O) groups excluding carboxylic acids is 2. The van der Waals surface area contributed by atoms with Gasteiger partial charge in [-0.15, -0.1) is 24.8 Å². The highest BCUT2D eigenvalue weighted by Crippen LogP contribution is 2.20. The zero-order chi connectivity index (χ0) is 20.9. The Hall–Kier alpha value is -2.12. The van der Waals surface area contributed by atoms with Crippen molar-refractivity contribution in [2.75, 3.05) is 13.1 Å². The van der Waals surface area contributed by atoms with E-state index in [0.717, 1.165) is 42.6 Å². The van der Waals surface area contributed by atoms with Gasteiger partial charge in [0, 0.05) is 19.6 Å². The molecule has 5 N–H and O–H groups in total. The number of likely N-dealkylation sites (tertiary alicyclic amines) is 1. The Bertz CT molecular complexity index is 862. The van der Waals surface area contributed by atoms with E-state index in [1.807, 2.05) is 42.5 Å². The van der Waals surface area contributed by atoms with Crippen LogP contribution in [0.4, 0.5) is 0 Å². The van der Waals surface area contributed by atoms with Crippen molar-refractivity contribution in [3.63, 3.8) is 0 Å². The lowest BCUT2D eigenvalue weighted by molar-refractivity contribution is -0.126. The number of carbonyl (C=O) groups is 2. The second kappa shape index (κ2) is 12.1. The van der Waals surface area contributed by atoms with Gasteiger partial charge < -0.3 is 16.8 Å². The van der Waals surface area contributed by atoms with Crippen molar-refractivity contribution in [3.8, 4) is 0 Å². The number of hydrogen-bond acceptors (Lipinski definition) is 4. The maximum Gasteiger partial charge on any atom is 0.244 e. The summed E-state index contributed by atoms with van der Waals surface area (Å²) in [5, 5.41) is 2.95. The number of primary amides is 1. The molecule has 2 amide bonds. The molecule has 1 heterocycles. The smallest absolute Gasteiger partial charge is 0.244 e. The lowest BCUT2D eigenvalue weighted by atomic mass is 9.92. The number of piperidine rings is 1. The van der Waals surface area contributed by atoms with Crippen LogP contribution in [0.3, 0.4) is 0 Å². The molecule has 2 aromatic carbocycles. The van der Waals surface area contributed by atoms with Crippen LogP contribution in [-0.4, -0.2) is 29.8 Å². The van der Waals surface area contributed by atoms with E-state index in [0.29, 0.717) is 13.1 Å². The van der Waals surface area contributed by atoms with E-state index in [4.69, 9.17) is 11.5 Å². The van der Waals surface area contributed by atoms with Crippen molar-refractivity contribution < 1.29 is 9.59 Å². The van der Waals surface area contributed by atoms with Gasteiger partial charge in [-0.3, -0.25) is 14.5 Å². The highest BCUT2D eigenvalue weighted by atomic mass is 35.5. The van der Waals surface area contributed by atoms with Gasteiger partial charge in [0.05, 0.1) is 5.92 Å². The van der Waals surface area contributed by atoms with Gasteiger partial charge in [0.15, 0.2) is 0 Å². The summed E-state index contributed by atoms with van der Waals surface area (Å²) in [7, 11) is 0. The van der Waals surface area contributed by atoms with Crippen molar-refractivity contribution in [3.05, 3.63) is 71.3 Å². The van der Waals surface area contributed by atoms with E-state index in [1.165, 1.54) is 0 Å². The van der Waals surface area contributed by atoms with Crippen LogP contribution in [-0.2, 0) is 28.2 Å². The highest BCUT2D eigenvalue weighted by Gasteiger charge is 2.30. The Balaban J connectivity index is 0.00000240. The van der Waals surface area contributed by atoms with Crippen LogP contribution in [0.25, 0.3) is 0 Å². The lowest BCUT2D eigenvalue weighted by Gasteiger charge is -2.31. The van der Waals surface area contributed by atoms with Crippen LogP contribution >= 0.6 is 24.8 Å². The van der Waals surface area contributed by atoms with E-state index >= 15 is 0 Å². The third kappa shape index (κ3) is 7.21. The summed E-state index contributed by atoms with van der Waals surface area (Å²) in [6.45, 7) is 4.58. The molecule has 3 rings (SSSR count). The first-order valence-electron chi connectivity index (χ1n) is 10.1. The second-order valence-corrected chi connectivity index (χ2v) is 8.05. The van der Waals surface area contributed by atoms with Gasteiger partial charge in [0.25, 0.3) is 0 Å². The molecular weight excluding hydrogens is 435 g/mol. The third-order valence-electron chi connectivity index (χ3n) is 5.60. The van der Waals surface area contributed by atoms with Crippen molar-refractivity contribution in [1.29, 1.82) is 0 Å². The molecule has 0 saturated carbocycles. The molecule has 1 aliphatic heterocycles. The molecule has 0 bridgehead atoms. The molecule has 31 heavy (non-hydrogen) atoms. The monoisotopic (exact) mass is 466 g/mol. The molecule has 170 valence electrons. The Kier molecular flexibility index (Phi) is 10.5. The van der Waals surface area contributed by atoms with E-state index < -0.39 is 5.54 Å². The molecular formula is C23H32Cl2N4O2. The van der Waals surface area contributed by atoms with Crippen LogP contribution < -0.4 is 16.8 Å². The van der Waals surface area contributed by atoms with Crippen LogP contribution in [0.15, 0.2) is 54.6 Å². The van der Waals surface area contributed by atoms with E-state index in [1.54, 1.807) is 6.92 Å². The van der Waals surface area contributed by atoms with Gasteiger partial charge in [-0.2, -0.15) is 0 Å². The standard InChI is InChI=1S/C23H30N4O2.2ClH/c1-23(25,20-10-3-2-4-11-20)22(29)26-14-17-7-5-8-18(13-17)15-27-12-6-9-19(16-27)21(24)28;;/h2-5,7-8,10-11,13,19H,6,9,12,14-16,25H2,1H3,(H2,24,28)(H,26,29);2*1H. The van der Waals surface area contributed by atoms with Gasteiger partial charge in [0.2, 0.25) is 11.8 Å². The molecule has 1 saturated heterocycles. The molecule has 1 fully saturated rings. The predicted molar refractivity (Wildman–Crippen MR) is 128 cm³/mol. The fraction of sp³-hybridized carbons (Fsp3) is 0.391. The number of nitrogens with zero attached hydrogens (tertiary/aromatic N) is 1. The zero-order valence-corrected chi connectivity index (χ0v) is 19.4. The number of nitrogens with one attached hydrogen (secondary N) is 1. The van der Waals surface area contributed by atoms with Crippen LogP contribution in [0.1, 0.15) is 36.5 Å². The molecule has 6 nitrogen and oxygen atoms in total. The maximum absolute atomic E-state index is 12.7. The molecule has 0 aliphatic carbocycles. The molecule has 2 unspecified atom stereocenters. The Morgan fingerprint density at radius 3 is 2.45 bits per heavy atom.